The predicted molar refractivity (Wildman–Crippen MR) is 185 cm³/mol. The van der Waals surface area contributed by atoms with Crippen molar-refractivity contribution in [3.63, 3.8) is 0 Å². The molecule has 0 unspecified atom stereocenters. The maximum Gasteiger partial charge on any atom is 0.161 e. The number of carbonyl (C=O) groups is 1. The summed E-state index contributed by atoms with van der Waals surface area (Å²) in [6, 6.07) is 0. The smallest absolute Gasteiger partial charge is 0.161 e. The van der Waals surface area contributed by atoms with Gasteiger partial charge in [-0.15, -0.1) is 5.73 Å². The fraction of sp³-hybridized carbons (Fsp3) is 0.550. The van der Waals surface area contributed by atoms with Gasteiger partial charge in [-0.3, -0.25) is 4.79 Å². The molecular formula is C40H56O5. The van der Waals surface area contributed by atoms with E-state index in [4.69, 9.17) is 4.74 Å². The summed E-state index contributed by atoms with van der Waals surface area (Å²) in [6.07, 6.45) is 23.4. The van der Waals surface area contributed by atoms with E-state index < -0.39 is 22.9 Å². The number of fused-ring (bicyclic) bond motifs is 1. The second-order valence-electron chi connectivity index (χ2n) is 15.3. The van der Waals surface area contributed by atoms with Crippen molar-refractivity contribution in [3.05, 3.63) is 100 Å². The van der Waals surface area contributed by atoms with Gasteiger partial charge in [-0.2, -0.15) is 0 Å². The Kier molecular flexibility index (Phi) is 11.3. The van der Waals surface area contributed by atoms with Crippen molar-refractivity contribution >= 4 is 5.78 Å². The Morgan fingerprint density at radius 2 is 1.31 bits per heavy atom. The Bertz CT molecular complexity index is 1400. The maximum absolute atomic E-state index is 13.1. The van der Waals surface area contributed by atoms with Gasteiger partial charge < -0.3 is 20.1 Å². The van der Waals surface area contributed by atoms with Crippen molar-refractivity contribution in [2.75, 3.05) is 0 Å². The minimum absolute atomic E-state index is 0.0863. The summed E-state index contributed by atoms with van der Waals surface area (Å²) < 4.78 is 6.18. The maximum atomic E-state index is 13.1. The molecule has 2 saturated carbocycles. The summed E-state index contributed by atoms with van der Waals surface area (Å²) in [4.78, 5) is 13.1. The first-order valence-electron chi connectivity index (χ1n) is 16.2. The topological polar surface area (TPSA) is 90.3 Å². The van der Waals surface area contributed by atoms with Gasteiger partial charge in [0.15, 0.2) is 5.78 Å². The summed E-state index contributed by atoms with van der Waals surface area (Å²) in [5.74, 6) is 0.0863. The summed E-state index contributed by atoms with van der Waals surface area (Å²) in [5.41, 5.74) is 5.48. The molecule has 1 aliphatic heterocycles. The quantitative estimate of drug-likeness (QED) is 0.0998. The fourth-order valence-electron chi connectivity index (χ4n) is 7.48. The van der Waals surface area contributed by atoms with Crippen LogP contribution in [0.15, 0.2) is 100 Å². The summed E-state index contributed by atoms with van der Waals surface area (Å²) in [6.45, 7) is 20.0. The fourth-order valence-corrected chi connectivity index (χ4v) is 7.48. The van der Waals surface area contributed by atoms with Crippen LogP contribution in [0.1, 0.15) is 101 Å². The van der Waals surface area contributed by atoms with Crippen LogP contribution in [0.25, 0.3) is 0 Å². The van der Waals surface area contributed by atoms with Gasteiger partial charge in [-0.05, 0) is 82.4 Å². The normalized spacial score (nSPS) is 33.9. The van der Waals surface area contributed by atoms with Crippen molar-refractivity contribution in [3.8, 4) is 0 Å². The zero-order chi connectivity index (χ0) is 33.8. The molecule has 3 aliphatic rings. The summed E-state index contributed by atoms with van der Waals surface area (Å²) in [5, 5.41) is 31.2. The number of aliphatic hydroxyl groups is 3. The Labute approximate surface area is 271 Å². The van der Waals surface area contributed by atoms with Crippen LogP contribution in [-0.2, 0) is 9.53 Å². The average molecular weight is 617 g/mol. The molecule has 0 aromatic heterocycles. The molecule has 3 fully saturated rings. The lowest BCUT2D eigenvalue weighted by Gasteiger charge is -2.43. The number of ether oxygens (including phenoxy) is 1. The first-order valence-corrected chi connectivity index (χ1v) is 16.2. The van der Waals surface area contributed by atoms with Crippen molar-refractivity contribution in [1.82, 2.24) is 0 Å². The number of hydrogen-bond donors (Lipinski definition) is 3. The van der Waals surface area contributed by atoms with Gasteiger partial charge in [-0.1, -0.05) is 99.6 Å². The van der Waals surface area contributed by atoms with Crippen molar-refractivity contribution in [1.29, 1.82) is 0 Å². The molecular weight excluding hydrogens is 560 g/mol. The Morgan fingerprint density at radius 3 is 1.87 bits per heavy atom. The van der Waals surface area contributed by atoms with Crippen LogP contribution in [0.5, 0.6) is 0 Å². The minimum Gasteiger partial charge on any atom is -0.393 e. The van der Waals surface area contributed by atoms with E-state index in [1.54, 1.807) is 6.92 Å². The highest BCUT2D eigenvalue weighted by Gasteiger charge is 2.76. The van der Waals surface area contributed by atoms with Crippen LogP contribution in [-0.4, -0.2) is 50.1 Å². The lowest BCUT2D eigenvalue weighted by molar-refractivity contribution is -0.118. The molecule has 0 radical (unpaired) electrons. The molecule has 0 aromatic carbocycles. The molecule has 0 aromatic rings. The lowest BCUT2D eigenvalue weighted by Crippen LogP contribution is -2.48. The number of hydrogen-bond acceptors (Lipinski definition) is 5. The Balaban J connectivity index is 1.53. The van der Waals surface area contributed by atoms with E-state index in [1.807, 2.05) is 115 Å². The highest BCUT2D eigenvalue weighted by molar-refractivity contribution is 5.96. The third-order valence-electron chi connectivity index (χ3n) is 9.82. The number of allylic oxidation sites excluding steroid dienone is 14. The summed E-state index contributed by atoms with van der Waals surface area (Å²) >= 11 is 0. The SMILES string of the molecule is C/C(C=C=C1C(C)(C)C[C@H](O)C[C@@]1(C)O)=C/C=C/C(C)=C/C=C/C=C(C)/C=C/C=C(\C)C(=O)C[C@@]12O[C@]1(C)C[C@@H](O)CC2(C)C. The second kappa shape index (κ2) is 13.9. The van der Waals surface area contributed by atoms with Crippen LogP contribution in [0.3, 0.4) is 0 Å². The van der Waals surface area contributed by atoms with Crippen LogP contribution in [0.2, 0.25) is 0 Å². The van der Waals surface area contributed by atoms with Gasteiger partial charge in [0.05, 0.1) is 23.4 Å². The number of Topliss-reactive ketones (excluding diaryl/α,β-unsaturated/α-hetero) is 1. The van der Waals surface area contributed by atoms with Gasteiger partial charge in [0, 0.05) is 24.8 Å². The standard InChI is InChI=1S/C40H56O5/c1-28(17-13-18-30(3)21-22-35-36(5,6)23-32(41)25-38(35,9)44)15-11-12-16-29(2)19-14-20-31(4)34(43)27-40-37(7,8)24-33(42)26-39(40,10)45-40/h11-21,32-33,41-42,44H,23-27H2,1-10H3/b12-11+,17-13+,19-14+,28-15+,29-16+,30-18-,31-20+/t22?,32-,33-,38+,39+,40-/m0/s1. The molecule has 1 saturated heterocycles. The van der Waals surface area contributed by atoms with E-state index in [9.17, 15) is 20.1 Å². The molecule has 0 bridgehead atoms. The highest BCUT2D eigenvalue weighted by atomic mass is 16.6. The molecule has 5 atom stereocenters. The third kappa shape index (κ3) is 8.93. The molecule has 1 heterocycles. The van der Waals surface area contributed by atoms with Crippen LogP contribution in [0, 0.1) is 10.8 Å². The predicted octanol–water partition coefficient (Wildman–Crippen LogP) is 8.12. The number of ketones is 1. The van der Waals surface area contributed by atoms with Gasteiger partial charge in [0.25, 0.3) is 0 Å². The van der Waals surface area contributed by atoms with Gasteiger partial charge in [-0.25, -0.2) is 0 Å². The molecule has 0 spiro atoms. The van der Waals surface area contributed by atoms with Crippen molar-refractivity contribution < 1.29 is 24.9 Å². The van der Waals surface area contributed by atoms with E-state index in [-0.39, 0.29) is 22.7 Å². The van der Waals surface area contributed by atoms with E-state index in [0.717, 1.165) is 22.3 Å². The average Bonchev–Trinajstić information content (AvgIpc) is 3.49. The largest absolute Gasteiger partial charge is 0.393 e. The number of aliphatic hydroxyl groups excluding tert-OH is 2. The molecule has 3 rings (SSSR count). The number of carbonyl (C=O) groups excluding carboxylic acids is 1. The molecule has 5 heteroatoms. The molecule has 246 valence electrons. The van der Waals surface area contributed by atoms with Crippen molar-refractivity contribution in [2.45, 2.75) is 130 Å². The number of rotatable bonds is 10. The molecule has 5 nitrogen and oxygen atoms in total. The van der Waals surface area contributed by atoms with E-state index in [2.05, 4.69) is 19.6 Å². The van der Waals surface area contributed by atoms with E-state index >= 15 is 0 Å². The highest BCUT2D eigenvalue weighted by Crippen LogP contribution is 2.67. The van der Waals surface area contributed by atoms with Gasteiger partial charge in [0.2, 0.25) is 0 Å². The monoisotopic (exact) mass is 616 g/mol. The zero-order valence-corrected chi connectivity index (χ0v) is 29.2. The van der Waals surface area contributed by atoms with Gasteiger partial charge in [0.1, 0.15) is 5.60 Å². The molecule has 45 heavy (non-hydrogen) atoms. The summed E-state index contributed by atoms with van der Waals surface area (Å²) in [7, 11) is 0. The first kappa shape index (κ1) is 36.7. The molecule has 0 amide bonds. The van der Waals surface area contributed by atoms with Crippen LogP contribution in [0.4, 0.5) is 0 Å². The third-order valence-corrected chi connectivity index (χ3v) is 9.82. The number of epoxide rings is 1. The van der Waals surface area contributed by atoms with Crippen molar-refractivity contribution in [2.24, 2.45) is 10.8 Å². The van der Waals surface area contributed by atoms with Crippen LogP contribution < -0.4 is 0 Å². The van der Waals surface area contributed by atoms with Gasteiger partial charge >= 0.3 is 0 Å². The van der Waals surface area contributed by atoms with E-state index in [1.165, 1.54) is 0 Å². The Hall–Kier alpha value is -2.79. The zero-order valence-electron chi connectivity index (χ0n) is 29.2. The minimum atomic E-state index is -1.07. The first-order chi connectivity index (χ1) is 20.7. The lowest BCUT2D eigenvalue weighted by atomic mass is 9.61. The Morgan fingerprint density at radius 1 is 0.778 bits per heavy atom. The molecule has 2 aliphatic carbocycles. The second-order valence-corrected chi connectivity index (χ2v) is 15.3. The van der Waals surface area contributed by atoms with E-state index in [0.29, 0.717) is 37.7 Å². The molecule has 3 N–H and O–H groups in total. The van der Waals surface area contributed by atoms with Crippen LogP contribution >= 0.6 is 0 Å².